The minimum Gasteiger partial charge on any atom is -0.310 e. The van der Waals surface area contributed by atoms with Crippen LogP contribution in [0.1, 0.15) is 19.9 Å². The molecule has 0 unspecified atom stereocenters. The van der Waals surface area contributed by atoms with Gasteiger partial charge in [-0.15, -0.1) is 10.2 Å². The van der Waals surface area contributed by atoms with Crippen molar-refractivity contribution in [1.29, 1.82) is 0 Å². The summed E-state index contributed by atoms with van der Waals surface area (Å²) < 4.78 is 1.96. The fourth-order valence-electron chi connectivity index (χ4n) is 1.22. The molecule has 0 spiro atoms. The van der Waals surface area contributed by atoms with Crippen molar-refractivity contribution in [3.8, 4) is 11.5 Å². The van der Waals surface area contributed by atoms with Crippen LogP contribution in [0.3, 0.4) is 0 Å². The lowest BCUT2D eigenvalue weighted by atomic mass is 10.3. The van der Waals surface area contributed by atoms with E-state index < -0.39 is 0 Å². The van der Waals surface area contributed by atoms with Gasteiger partial charge in [0.25, 0.3) is 0 Å². The molecular formula is C9H11N5. The first-order valence-electron chi connectivity index (χ1n) is 4.45. The Morgan fingerprint density at radius 3 is 2.79 bits per heavy atom. The third kappa shape index (κ3) is 1.48. The van der Waals surface area contributed by atoms with Gasteiger partial charge < -0.3 is 4.57 Å². The van der Waals surface area contributed by atoms with E-state index >= 15 is 0 Å². The summed E-state index contributed by atoms with van der Waals surface area (Å²) in [5.74, 6) is 0.758. The minimum absolute atomic E-state index is 0.321. The van der Waals surface area contributed by atoms with Crippen molar-refractivity contribution in [2.24, 2.45) is 0 Å². The summed E-state index contributed by atoms with van der Waals surface area (Å²) >= 11 is 0. The highest BCUT2D eigenvalue weighted by Crippen LogP contribution is 2.15. The van der Waals surface area contributed by atoms with E-state index in [1.54, 1.807) is 24.9 Å². The Labute approximate surface area is 81.8 Å². The molecule has 2 aromatic heterocycles. The molecule has 72 valence electrons. The van der Waals surface area contributed by atoms with Crippen LogP contribution in [0, 0.1) is 0 Å². The molecule has 0 N–H and O–H groups in total. The van der Waals surface area contributed by atoms with Crippen LogP contribution in [0.5, 0.6) is 0 Å². The highest BCUT2D eigenvalue weighted by molar-refractivity contribution is 5.46. The smallest absolute Gasteiger partial charge is 0.184 e. The second kappa shape index (κ2) is 3.53. The zero-order valence-corrected chi connectivity index (χ0v) is 8.12. The van der Waals surface area contributed by atoms with Gasteiger partial charge in [0.15, 0.2) is 5.82 Å². The van der Waals surface area contributed by atoms with E-state index in [1.165, 1.54) is 0 Å². The van der Waals surface area contributed by atoms with Gasteiger partial charge in [-0.3, -0.25) is 4.98 Å². The van der Waals surface area contributed by atoms with Gasteiger partial charge in [0.05, 0.1) is 6.20 Å². The van der Waals surface area contributed by atoms with Gasteiger partial charge in [-0.25, -0.2) is 4.98 Å². The standard InChI is InChI=1S/C9H11N5/c1-7(2)14-6-12-13-9(14)8-5-10-3-4-11-8/h3-7H,1-2H3. The van der Waals surface area contributed by atoms with Crippen LogP contribution < -0.4 is 0 Å². The number of hydrogen-bond acceptors (Lipinski definition) is 4. The lowest BCUT2D eigenvalue weighted by Gasteiger charge is -2.08. The first-order valence-corrected chi connectivity index (χ1v) is 4.45. The third-order valence-corrected chi connectivity index (χ3v) is 1.92. The molecule has 0 atom stereocenters. The molecule has 0 aliphatic heterocycles. The largest absolute Gasteiger partial charge is 0.310 e. The summed E-state index contributed by atoms with van der Waals surface area (Å²) in [6, 6.07) is 0.321. The zero-order chi connectivity index (χ0) is 9.97. The molecule has 2 heterocycles. The van der Waals surface area contributed by atoms with Gasteiger partial charge in [0.1, 0.15) is 12.0 Å². The van der Waals surface area contributed by atoms with Gasteiger partial charge in [-0.1, -0.05) is 0 Å². The van der Waals surface area contributed by atoms with Crippen LogP contribution in [-0.2, 0) is 0 Å². The highest BCUT2D eigenvalue weighted by Gasteiger charge is 2.10. The molecule has 0 radical (unpaired) electrons. The van der Waals surface area contributed by atoms with Crippen molar-refractivity contribution in [3.63, 3.8) is 0 Å². The van der Waals surface area contributed by atoms with E-state index in [0.29, 0.717) is 6.04 Å². The van der Waals surface area contributed by atoms with Gasteiger partial charge in [-0.05, 0) is 13.8 Å². The molecule has 0 aromatic carbocycles. The number of rotatable bonds is 2. The van der Waals surface area contributed by atoms with E-state index in [1.807, 2.05) is 4.57 Å². The highest BCUT2D eigenvalue weighted by atomic mass is 15.3. The monoisotopic (exact) mass is 189 g/mol. The number of nitrogens with zero attached hydrogens (tertiary/aromatic N) is 5. The maximum atomic E-state index is 4.18. The van der Waals surface area contributed by atoms with Crippen LogP contribution in [0.25, 0.3) is 11.5 Å². The molecule has 14 heavy (non-hydrogen) atoms. The minimum atomic E-state index is 0.321. The Kier molecular flexibility index (Phi) is 2.22. The Morgan fingerprint density at radius 1 is 1.29 bits per heavy atom. The zero-order valence-electron chi connectivity index (χ0n) is 8.12. The van der Waals surface area contributed by atoms with E-state index in [2.05, 4.69) is 34.0 Å². The average Bonchev–Trinajstić information content (AvgIpc) is 2.67. The van der Waals surface area contributed by atoms with Crippen molar-refractivity contribution >= 4 is 0 Å². The fraction of sp³-hybridized carbons (Fsp3) is 0.333. The molecule has 0 saturated carbocycles. The van der Waals surface area contributed by atoms with Gasteiger partial charge in [-0.2, -0.15) is 0 Å². The molecule has 2 rings (SSSR count). The predicted octanol–water partition coefficient (Wildman–Crippen LogP) is 1.32. The van der Waals surface area contributed by atoms with E-state index in [4.69, 9.17) is 0 Å². The molecule has 0 aliphatic carbocycles. The quantitative estimate of drug-likeness (QED) is 0.714. The van der Waals surface area contributed by atoms with Crippen LogP contribution in [0.4, 0.5) is 0 Å². The van der Waals surface area contributed by atoms with E-state index in [-0.39, 0.29) is 0 Å². The first kappa shape index (κ1) is 8.80. The van der Waals surface area contributed by atoms with Gasteiger partial charge >= 0.3 is 0 Å². The predicted molar refractivity (Wildman–Crippen MR) is 51.4 cm³/mol. The van der Waals surface area contributed by atoms with Crippen molar-refractivity contribution in [2.45, 2.75) is 19.9 Å². The van der Waals surface area contributed by atoms with Crippen LogP contribution >= 0.6 is 0 Å². The maximum Gasteiger partial charge on any atom is 0.184 e. The Bertz CT molecular complexity index is 406. The molecular weight excluding hydrogens is 178 g/mol. The summed E-state index contributed by atoms with van der Waals surface area (Å²) in [6.45, 7) is 4.15. The Hall–Kier alpha value is -1.78. The molecule has 0 bridgehead atoms. The van der Waals surface area contributed by atoms with Crippen LogP contribution in [0.2, 0.25) is 0 Å². The SMILES string of the molecule is CC(C)n1cnnc1-c1cnccn1. The van der Waals surface area contributed by atoms with Crippen molar-refractivity contribution < 1.29 is 0 Å². The summed E-state index contributed by atoms with van der Waals surface area (Å²) in [4.78, 5) is 8.18. The average molecular weight is 189 g/mol. The lowest BCUT2D eigenvalue weighted by Crippen LogP contribution is -2.02. The first-order chi connectivity index (χ1) is 6.79. The summed E-state index contributed by atoms with van der Waals surface area (Å²) in [6.07, 6.45) is 6.67. The van der Waals surface area contributed by atoms with Gasteiger partial charge in [0, 0.05) is 18.4 Å². The van der Waals surface area contributed by atoms with E-state index in [9.17, 15) is 0 Å². The summed E-state index contributed by atoms with van der Waals surface area (Å²) in [5, 5.41) is 7.88. The second-order valence-corrected chi connectivity index (χ2v) is 3.25. The maximum absolute atomic E-state index is 4.18. The number of hydrogen-bond donors (Lipinski definition) is 0. The Morgan fingerprint density at radius 2 is 2.14 bits per heavy atom. The Balaban J connectivity index is 2.47. The van der Waals surface area contributed by atoms with Crippen LogP contribution in [-0.4, -0.2) is 24.7 Å². The topological polar surface area (TPSA) is 56.5 Å². The van der Waals surface area contributed by atoms with Crippen molar-refractivity contribution in [1.82, 2.24) is 24.7 Å². The fourth-order valence-corrected chi connectivity index (χ4v) is 1.22. The molecule has 2 aromatic rings. The summed E-state index contributed by atoms with van der Waals surface area (Å²) in [5.41, 5.74) is 0.749. The third-order valence-electron chi connectivity index (χ3n) is 1.92. The molecule has 5 heteroatoms. The van der Waals surface area contributed by atoms with Crippen LogP contribution in [0.15, 0.2) is 24.9 Å². The van der Waals surface area contributed by atoms with Crippen molar-refractivity contribution in [3.05, 3.63) is 24.9 Å². The second-order valence-electron chi connectivity index (χ2n) is 3.25. The normalized spacial score (nSPS) is 10.8. The molecule has 0 saturated heterocycles. The number of aromatic nitrogens is 5. The van der Waals surface area contributed by atoms with E-state index in [0.717, 1.165) is 11.5 Å². The molecule has 0 aliphatic rings. The summed E-state index contributed by atoms with van der Waals surface area (Å²) in [7, 11) is 0. The lowest BCUT2D eigenvalue weighted by molar-refractivity contribution is 0.603. The van der Waals surface area contributed by atoms with Gasteiger partial charge in [0.2, 0.25) is 0 Å². The molecule has 0 amide bonds. The molecule has 0 fully saturated rings. The molecule has 5 nitrogen and oxygen atoms in total. The van der Waals surface area contributed by atoms with Crippen molar-refractivity contribution in [2.75, 3.05) is 0 Å².